The van der Waals surface area contributed by atoms with Crippen LogP contribution in [-0.4, -0.2) is 49.2 Å². The first-order chi connectivity index (χ1) is 4.48. The Bertz CT molecular complexity index is 121. The third kappa shape index (κ3) is 4.47. The molecule has 0 saturated heterocycles. The van der Waals surface area contributed by atoms with E-state index in [0.717, 1.165) is 0 Å². The van der Waals surface area contributed by atoms with Gasteiger partial charge in [-0.2, -0.15) is 0 Å². The first-order valence-electron chi connectivity index (χ1n) is 3.40. The zero-order chi connectivity index (χ0) is 8.20. The fraction of sp³-hybridized carbons (Fsp3) is 0.857. The minimum absolute atomic E-state index is 0.139. The number of Topliss-reactive ketones (excluding diaryl/α,β-unsaturated/α-hetero) is 1. The summed E-state index contributed by atoms with van der Waals surface area (Å²) in [7, 11) is 3.86. The van der Waals surface area contributed by atoms with Crippen molar-refractivity contribution in [1.29, 1.82) is 0 Å². The van der Waals surface area contributed by atoms with E-state index in [2.05, 4.69) is 0 Å². The van der Waals surface area contributed by atoms with Crippen LogP contribution < -0.4 is 0 Å². The molecule has 0 aliphatic rings. The predicted molar refractivity (Wildman–Crippen MR) is 39.6 cm³/mol. The van der Waals surface area contributed by atoms with E-state index in [1.54, 1.807) is 6.92 Å². The van der Waals surface area contributed by atoms with Crippen molar-refractivity contribution in [3.8, 4) is 0 Å². The molecule has 0 aromatic carbocycles. The predicted octanol–water partition coefficient (Wildman–Crippen LogP) is -0.356. The van der Waals surface area contributed by atoms with Gasteiger partial charge < -0.3 is 9.59 Å². The lowest BCUT2D eigenvalue weighted by molar-refractivity contribution is -0.882. The normalized spacial score (nSPS) is 11.6. The highest BCUT2D eigenvalue weighted by Gasteiger charge is 2.15. The van der Waals surface area contributed by atoms with Crippen molar-refractivity contribution in [1.82, 2.24) is 0 Å². The number of carbonyl (C=O) groups excluding carboxylic acids is 1. The van der Waals surface area contributed by atoms with Gasteiger partial charge in [-0.1, -0.05) is 0 Å². The van der Waals surface area contributed by atoms with Crippen LogP contribution in [0.5, 0.6) is 0 Å². The van der Waals surface area contributed by atoms with E-state index in [0.29, 0.717) is 17.6 Å². The monoisotopic (exact) mass is 146 g/mol. The number of nitrogens with zero attached hydrogens (tertiary/aromatic N) is 1. The number of hydrogen-bond donors (Lipinski definition) is 1. The fourth-order valence-electron chi connectivity index (χ4n) is 0.953. The van der Waals surface area contributed by atoms with Gasteiger partial charge in [0.05, 0.1) is 20.7 Å². The van der Waals surface area contributed by atoms with Crippen LogP contribution in [0.3, 0.4) is 0 Å². The van der Waals surface area contributed by atoms with Crippen LogP contribution in [0.25, 0.3) is 0 Å². The number of likely N-dealkylation sites (N-methyl/N-ethyl adjacent to an activating group) is 1. The Morgan fingerprint density at radius 2 is 2.00 bits per heavy atom. The van der Waals surface area contributed by atoms with E-state index in [1.165, 1.54) is 0 Å². The van der Waals surface area contributed by atoms with Crippen molar-refractivity contribution in [2.45, 2.75) is 6.92 Å². The van der Waals surface area contributed by atoms with E-state index >= 15 is 0 Å². The van der Waals surface area contributed by atoms with Gasteiger partial charge in [-0.05, 0) is 0 Å². The van der Waals surface area contributed by atoms with Gasteiger partial charge >= 0.3 is 0 Å². The summed E-state index contributed by atoms with van der Waals surface area (Å²) < 4.78 is 0.575. The maximum Gasteiger partial charge on any atom is 0.183 e. The van der Waals surface area contributed by atoms with E-state index in [-0.39, 0.29) is 12.4 Å². The second kappa shape index (κ2) is 3.68. The summed E-state index contributed by atoms with van der Waals surface area (Å²) in [4.78, 5) is 10.6. The summed E-state index contributed by atoms with van der Waals surface area (Å²) in [6.45, 7) is 2.85. The molecule has 0 fully saturated rings. The number of quaternary nitrogens is 1. The van der Waals surface area contributed by atoms with Crippen LogP contribution in [-0.2, 0) is 4.79 Å². The van der Waals surface area contributed by atoms with E-state index < -0.39 is 0 Å². The van der Waals surface area contributed by atoms with Crippen molar-refractivity contribution in [2.75, 3.05) is 33.8 Å². The largest absolute Gasteiger partial charge is 0.391 e. The average molecular weight is 146 g/mol. The molecule has 0 bridgehead atoms. The molecule has 0 radical (unpaired) electrons. The molecule has 0 atom stereocenters. The van der Waals surface area contributed by atoms with Crippen LogP contribution in [0.2, 0.25) is 0 Å². The van der Waals surface area contributed by atoms with E-state index in [4.69, 9.17) is 5.11 Å². The Labute approximate surface area is 61.9 Å². The van der Waals surface area contributed by atoms with Crippen molar-refractivity contribution in [3.05, 3.63) is 0 Å². The minimum atomic E-state index is 0.139. The smallest absolute Gasteiger partial charge is 0.183 e. The maximum atomic E-state index is 10.6. The number of ketones is 1. The van der Waals surface area contributed by atoms with Gasteiger partial charge in [0.2, 0.25) is 0 Å². The highest BCUT2D eigenvalue weighted by molar-refractivity contribution is 5.76. The molecule has 3 nitrogen and oxygen atoms in total. The van der Waals surface area contributed by atoms with Gasteiger partial charge in [-0.15, -0.1) is 0 Å². The first kappa shape index (κ1) is 9.59. The number of carbonyl (C=O) groups is 1. The third-order valence-corrected chi connectivity index (χ3v) is 1.36. The van der Waals surface area contributed by atoms with Gasteiger partial charge in [-0.25, -0.2) is 0 Å². The standard InChI is InChI=1S/C7H16NO2/c1-7(10)6-8(2,3)4-5-9/h9H,4-6H2,1-3H3/q+1. The van der Waals surface area contributed by atoms with Crippen LogP contribution >= 0.6 is 0 Å². The first-order valence-corrected chi connectivity index (χ1v) is 3.40. The lowest BCUT2D eigenvalue weighted by Gasteiger charge is -2.27. The number of aliphatic hydroxyl groups excluding tert-OH is 1. The lowest BCUT2D eigenvalue weighted by atomic mass is 10.3. The van der Waals surface area contributed by atoms with Crippen molar-refractivity contribution in [2.24, 2.45) is 0 Å². The van der Waals surface area contributed by atoms with Gasteiger partial charge in [0.1, 0.15) is 13.1 Å². The van der Waals surface area contributed by atoms with Crippen molar-refractivity contribution < 1.29 is 14.4 Å². The third-order valence-electron chi connectivity index (χ3n) is 1.36. The lowest BCUT2D eigenvalue weighted by Crippen LogP contribution is -2.45. The average Bonchev–Trinajstić information content (AvgIpc) is 1.59. The summed E-state index contributed by atoms with van der Waals surface area (Å²) in [5, 5.41) is 8.59. The zero-order valence-corrected chi connectivity index (χ0v) is 6.92. The molecule has 0 saturated carbocycles. The molecule has 0 amide bonds. The van der Waals surface area contributed by atoms with E-state index in [1.807, 2.05) is 14.1 Å². The molecule has 1 N–H and O–H groups in total. The molecule has 0 rings (SSSR count). The minimum Gasteiger partial charge on any atom is -0.391 e. The molecule has 0 unspecified atom stereocenters. The number of hydrogen-bond acceptors (Lipinski definition) is 2. The second-order valence-corrected chi connectivity index (χ2v) is 3.24. The molecule has 0 aliphatic heterocycles. The Morgan fingerprint density at radius 3 is 2.30 bits per heavy atom. The SMILES string of the molecule is CC(=O)C[N+](C)(C)CCO. The highest BCUT2D eigenvalue weighted by Crippen LogP contribution is 1.94. The molecular weight excluding hydrogens is 130 g/mol. The van der Waals surface area contributed by atoms with Gasteiger partial charge in [0.15, 0.2) is 5.78 Å². The molecule has 0 heterocycles. The number of aliphatic hydroxyl groups is 1. The van der Waals surface area contributed by atoms with Crippen LogP contribution in [0.1, 0.15) is 6.92 Å². The summed E-state index contributed by atoms with van der Waals surface area (Å²) in [6, 6.07) is 0. The van der Waals surface area contributed by atoms with Crippen LogP contribution in [0.15, 0.2) is 0 Å². The Hall–Kier alpha value is -0.410. The number of rotatable bonds is 4. The van der Waals surface area contributed by atoms with Crippen LogP contribution in [0, 0.1) is 0 Å². The fourth-order valence-corrected chi connectivity index (χ4v) is 0.953. The molecular formula is C7H16NO2+. The maximum absolute atomic E-state index is 10.6. The molecule has 0 spiro atoms. The quantitative estimate of drug-likeness (QED) is 0.550. The van der Waals surface area contributed by atoms with Crippen molar-refractivity contribution >= 4 is 5.78 Å². The summed E-state index contributed by atoms with van der Waals surface area (Å²) in [5.74, 6) is 0.165. The Balaban J connectivity index is 3.74. The molecule has 3 heteroatoms. The zero-order valence-electron chi connectivity index (χ0n) is 6.92. The summed E-state index contributed by atoms with van der Waals surface area (Å²) in [5.41, 5.74) is 0. The van der Waals surface area contributed by atoms with Gasteiger partial charge in [0.25, 0.3) is 0 Å². The molecule has 0 aromatic rings. The van der Waals surface area contributed by atoms with Crippen molar-refractivity contribution in [3.63, 3.8) is 0 Å². The van der Waals surface area contributed by atoms with Gasteiger partial charge in [-0.3, -0.25) is 4.79 Å². The topological polar surface area (TPSA) is 37.3 Å². The molecule has 60 valence electrons. The Morgan fingerprint density at radius 1 is 1.50 bits per heavy atom. The molecule has 0 aliphatic carbocycles. The van der Waals surface area contributed by atoms with Gasteiger partial charge in [0, 0.05) is 6.92 Å². The second-order valence-electron chi connectivity index (χ2n) is 3.24. The molecule has 10 heavy (non-hydrogen) atoms. The molecule has 0 aromatic heterocycles. The summed E-state index contributed by atoms with van der Waals surface area (Å²) >= 11 is 0. The highest BCUT2D eigenvalue weighted by atomic mass is 16.3. The summed E-state index contributed by atoms with van der Waals surface area (Å²) in [6.07, 6.45) is 0. The Kier molecular flexibility index (Phi) is 3.53. The van der Waals surface area contributed by atoms with Crippen LogP contribution in [0.4, 0.5) is 0 Å². The van der Waals surface area contributed by atoms with E-state index in [9.17, 15) is 4.79 Å².